The summed E-state index contributed by atoms with van der Waals surface area (Å²) in [6.07, 6.45) is 3.30. The summed E-state index contributed by atoms with van der Waals surface area (Å²) in [5, 5.41) is 0. The van der Waals surface area contributed by atoms with Gasteiger partial charge in [-0.3, -0.25) is 4.79 Å². The van der Waals surface area contributed by atoms with E-state index in [0.717, 1.165) is 5.56 Å². The Labute approximate surface area is 125 Å². The van der Waals surface area contributed by atoms with Crippen molar-refractivity contribution in [1.82, 2.24) is 9.55 Å². The first-order valence-electron chi connectivity index (χ1n) is 7.12. The van der Waals surface area contributed by atoms with Crippen molar-refractivity contribution >= 4 is 5.78 Å². The molecule has 0 spiro atoms. The van der Waals surface area contributed by atoms with Gasteiger partial charge in [0, 0.05) is 0 Å². The number of rotatable bonds is 5. The van der Waals surface area contributed by atoms with Crippen LogP contribution >= 0.6 is 0 Å². The topological polar surface area (TPSA) is 44.1 Å². The third-order valence-electron chi connectivity index (χ3n) is 3.29. The maximum absolute atomic E-state index is 12.3. The summed E-state index contributed by atoms with van der Waals surface area (Å²) < 4.78 is 7.46. The first-order chi connectivity index (χ1) is 9.88. The van der Waals surface area contributed by atoms with Gasteiger partial charge in [0.15, 0.2) is 0 Å². The summed E-state index contributed by atoms with van der Waals surface area (Å²) in [6, 6.07) is 10.1. The minimum atomic E-state index is -0.328. The smallest absolute Gasteiger partial charge is 0.206 e. The van der Waals surface area contributed by atoms with Gasteiger partial charge in [-0.2, -0.15) is 0 Å². The number of aromatic nitrogens is 2. The van der Waals surface area contributed by atoms with E-state index in [4.69, 9.17) is 4.74 Å². The number of carbonyl (C=O) groups is 1. The van der Waals surface area contributed by atoms with Crippen molar-refractivity contribution in [1.29, 1.82) is 0 Å². The van der Waals surface area contributed by atoms with Crippen LogP contribution in [0.1, 0.15) is 49.8 Å². The number of hydrogen-bond donors (Lipinski definition) is 0. The van der Waals surface area contributed by atoms with E-state index in [2.05, 4.69) is 11.9 Å². The van der Waals surface area contributed by atoms with Gasteiger partial charge in [-0.15, -0.1) is 0 Å². The number of ether oxygens (including phenoxy) is 1. The molecule has 0 aliphatic rings. The van der Waals surface area contributed by atoms with Gasteiger partial charge in [0.25, 0.3) is 0 Å². The molecule has 4 heteroatoms. The van der Waals surface area contributed by atoms with Crippen LogP contribution < -0.4 is 0 Å². The van der Waals surface area contributed by atoms with E-state index in [1.54, 1.807) is 12.5 Å². The van der Waals surface area contributed by atoms with Crippen LogP contribution in [-0.4, -0.2) is 27.5 Å². The molecule has 2 rings (SSSR count). The van der Waals surface area contributed by atoms with E-state index >= 15 is 0 Å². The second-order valence-electron chi connectivity index (χ2n) is 6.10. The second kappa shape index (κ2) is 6.22. The van der Waals surface area contributed by atoms with Crippen LogP contribution in [-0.2, 0) is 4.74 Å². The number of ketones is 1. The van der Waals surface area contributed by atoms with Gasteiger partial charge in [0.1, 0.15) is 12.3 Å². The van der Waals surface area contributed by atoms with Crippen LogP contribution in [0.5, 0.6) is 0 Å². The number of imidazole rings is 1. The molecular formula is C17H22N2O2. The molecule has 1 heterocycles. The van der Waals surface area contributed by atoms with Crippen LogP contribution in [0.4, 0.5) is 0 Å². The normalized spacial score (nSPS) is 13.1. The summed E-state index contributed by atoms with van der Waals surface area (Å²) in [5.41, 5.74) is 1.39. The molecule has 1 aromatic heterocycles. The van der Waals surface area contributed by atoms with E-state index in [9.17, 15) is 4.79 Å². The molecule has 21 heavy (non-hydrogen) atoms. The molecule has 0 fully saturated rings. The van der Waals surface area contributed by atoms with Crippen molar-refractivity contribution in [2.75, 3.05) is 6.61 Å². The predicted octanol–water partition coefficient (Wildman–Crippen LogP) is 3.49. The molecule has 0 unspecified atom stereocenters. The Morgan fingerprint density at radius 3 is 2.57 bits per heavy atom. The monoisotopic (exact) mass is 286 g/mol. The lowest BCUT2D eigenvalue weighted by Gasteiger charge is -2.20. The first kappa shape index (κ1) is 15.4. The highest BCUT2D eigenvalue weighted by Gasteiger charge is 2.19. The zero-order chi connectivity index (χ0) is 15.5. The molecule has 4 nitrogen and oxygen atoms in total. The molecule has 112 valence electrons. The summed E-state index contributed by atoms with van der Waals surface area (Å²) in [6.45, 7) is 7.92. The standard InChI is InChI=1S/C17H22N2O2/c1-13(14-8-6-5-7-9-14)19-12-18-10-15(19)16(20)11-21-17(2,3)4/h5-10,12-13H,11H2,1-4H3/t13-/m1/s1. The van der Waals surface area contributed by atoms with Gasteiger partial charge in [0.2, 0.25) is 5.78 Å². The maximum atomic E-state index is 12.3. The Morgan fingerprint density at radius 1 is 1.29 bits per heavy atom. The fourth-order valence-electron chi connectivity index (χ4n) is 2.08. The number of benzene rings is 1. The Balaban J connectivity index is 2.17. The molecule has 1 atom stereocenters. The number of Topliss-reactive ketones (excluding diaryl/α,β-unsaturated/α-hetero) is 1. The molecule has 0 saturated heterocycles. The number of carbonyl (C=O) groups excluding carboxylic acids is 1. The highest BCUT2D eigenvalue weighted by Crippen LogP contribution is 2.20. The molecule has 0 radical (unpaired) electrons. The van der Waals surface area contributed by atoms with Crippen molar-refractivity contribution in [2.45, 2.75) is 39.3 Å². The summed E-state index contributed by atoms with van der Waals surface area (Å²) in [5.74, 6) is -0.0507. The molecule has 0 saturated carbocycles. The fraction of sp³-hybridized carbons (Fsp3) is 0.412. The molecule has 0 aliphatic heterocycles. The van der Waals surface area contributed by atoms with Gasteiger partial charge in [0.05, 0.1) is 24.2 Å². The predicted molar refractivity (Wildman–Crippen MR) is 82.5 cm³/mol. The molecule has 0 amide bonds. The summed E-state index contributed by atoms with van der Waals surface area (Å²) >= 11 is 0. The van der Waals surface area contributed by atoms with E-state index in [1.807, 2.05) is 55.7 Å². The average molecular weight is 286 g/mol. The van der Waals surface area contributed by atoms with Crippen molar-refractivity contribution in [3.63, 3.8) is 0 Å². The number of hydrogen-bond acceptors (Lipinski definition) is 3. The quantitative estimate of drug-likeness (QED) is 0.790. The van der Waals surface area contributed by atoms with Crippen LogP contribution in [0.25, 0.3) is 0 Å². The molecule has 0 aliphatic carbocycles. The second-order valence-corrected chi connectivity index (χ2v) is 6.10. The van der Waals surface area contributed by atoms with Crippen LogP contribution in [0.2, 0.25) is 0 Å². The molecule has 2 aromatic rings. The van der Waals surface area contributed by atoms with Gasteiger partial charge in [-0.1, -0.05) is 30.3 Å². The Hall–Kier alpha value is -1.94. The average Bonchev–Trinajstić information content (AvgIpc) is 2.93. The highest BCUT2D eigenvalue weighted by molar-refractivity contribution is 5.95. The molecular weight excluding hydrogens is 264 g/mol. The van der Waals surface area contributed by atoms with Gasteiger partial charge >= 0.3 is 0 Å². The summed E-state index contributed by atoms with van der Waals surface area (Å²) in [7, 11) is 0. The van der Waals surface area contributed by atoms with Crippen molar-refractivity contribution in [3.8, 4) is 0 Å². The van der Waals surface area contributed by atoms with Crippen LogP contribution in [0, 0.1) is 0 Å². The Bertz CT molecular complexity index is 597. The molecule has 1 aromatic carbocycles. The Morgan fingerprint density at radius 2 is 1.95 bits per heavy atom. The van der Waals surface area contributed by atoms with E-state index in [-0.39, 0.29) is 24.0 Å². The first-order valence-corrected chi connectivity index (χ1v) is 7.12. The number of nitrogens with zero attached hydrogens (tertiary/aromatic N) is 2. The van der Waals surface area contributed by atoms with Gasteiger partial charge < -0.3 is 9.30 Å². The largest absolute Gasteiger partial charge is 0.368 e. The Kier molecular flexibility index (Phi) is 4.58. The van der Waals surface area contributed by atoms with E-state index in [0.29, 0.717) is 5.69 Å². The van der Waals surface area contributed by atoms with Gasteiger partial charge in [-0.05, 0) is 33.3 Å². The SMILES string of the molecule is C[C@H](c1ccccc1)n1cncc1C(=O)COC(C)(C)C. The lowest BCUT2D eigenvalue weighted by molar-refractivity contribution is 0.00267. The van der Waals surface area contributed by atoms with Crippen molar-refractivity contribution < 1.29 is 9.53 Å². The zero-order valence-electron chi connectivity index (χ0n) is 13.0. The van der Waals surface area contributed by atoms with E-state index < -0.39 is 0 Å². The van der Waals surface area contributed by atoms with Crippen LogP contribution in [0.3, 0.4) is 0 Å². The lowest BCUT2D eigenvalue weighted by atomic mass is 10.1. The van der Waals surface area contributed by atoms with E-state index in [1.165, 1.54) is 0 Å². The third-order valence-corrected chi connectivity index (χ3v) is 3.29. The van der Waals surface area contributed by atoms with Gasteiger partial charge in [-0.25, -0.2) is 4.98 Å². The highest BCUT2D eigenvalue weighted by atomic mass is 16.5. The maximum Gasteiger partial charge on any atom is 0.206 e. The minimum Gasteiger partial charge on any atom is -0.368 e. The fourth-order valence-corrected chi connectivity index (χ4v) is 2.08. The third kappa shape index (κ3) is 4.02. The zero-order valence-corrected chi connectivity index (χ0v) is 13.0. The molecule has 0 bridgehead atoms. The minimum absolute atomic E-state index is 0.0507. The molecule has 0 N–H and O–H groups in total. The van der Waals surface area contributed by atoms with Crippen LogP contribution in [0.15, 0.2) is 42.9 Å². The van der Waals surface area contributed by atoms with Crippen molar-refractivity contribution in [2.24, 2.45) is 0 Å². The lowest BCUT2D eigenvalue weighted by Crippen LogP contribution is -2.25. The van der Waals surface area contributed by atoms with Crippen molar-refractivity contribution in [3.05, 3.63) is 54.1 Å². The summed E-state index contributed by atoms with van der Waals surface area (Å²) in [4.78, 5) is 16.4.